The molecule has 0 bridgehead atoms. The standard InChI is InChI=1S/C14H23NO/c1-11(2)13-5-3-4-6-14(13)15-9-12-7-8-16-10-12/h7-8,10-11,13-15H,3-6,9H2,1-2H3. The Labute approximate surface area is 98.4 Å². The molecule has 1 N–H and O–H groups in total. The summed E-state index contributed by atoms with van der Waals surface area (Å²) in [6.45, 7) is 5.65. The van der Waals surface area contributed by atoms with Gasteiger partial charge in [0, 0.05) is 18.2 Å². The van der Waals surface area contributed by atoms with Crippen molar-refractivity contribution in [1.29, 1.82) is 0 Å². The molecule has 0 radical (unpaired) electrons. The summed E-state index contributed by atoms with van der Waals surface area (Å²) in [7, 11) is 0. The van der Waals surface area contributed by atoms with Crippen LogP contribution >= 0.6 is 0 Å². The van der Waals surface area contributed by atoms with Crippen molar-refractivity contribution in [2.75, 3.05) is 0 Å². The molecule has 1 aliphatic carbocycles. The van der Waals surface area contributed by atoms with Crippen molar-refractivity contribution in [1.82, 2.24) is 5.32 Å². The Morgan fingerprint density at radius 3 is 2.88 bits per heavy atom. The van der Waals surface area contributed by atoms with Crippen LogP contribution in [0.4, 0.5) is 0 Å². The summed E-state index contributed by atoms with van der Waals surface area (Å²) in [5.74, 6) is 1.64. The molecule has 1 aromatic heterocycles. The van der Waals surface area contributed by atoms with Crippen LogP contribution in [0.1, 0.15) is 45.1 Å². The molecule has 1 fully saturated rings. The predicted octanol–water partition coefficient (Wildman–Crippen LogP) is 3.58. The molecule has 2 rings (SSSR count). The van der Waals surface area contributed by atoms with Gasteiger partial charge in [0.1, 0.15) is 0 Å². The fraction of sp³-hybridized carbons (Fsp3) is 0.714. The number of nitrogens with one attached hydrogen (secondary N) is 1. The quantitative estimate of drug-likeness (QED) is 0.840. The zero-order valence-electron chi connectivity index (χ0n) is 10.4. The van der Waals surface area contributed by atoms with Crippen molar-refractivity contribution < 1.29 is 4.42 Å². The molecule has 0 aliphatic heterocycles. The highest BCUT2D eigenvalue weighted by Gasteiger charge is 2.26. The van der Waals surface area contributed by atoms with Gasteiger partial charge in [0.25, 0.3) is 0 Å². The van der Waals surface area contributed by atoms with E-state index in [1.54, 1.807) is 6.26 Å². The smallest absolute Gasteiger partial charge is 0.0947 e. The van der Waals surface area contributed by atoms with E-state index in [-0.39, 0.29) is 0 Å². The lowest BCUT2D eigenvalue weighted by molar-refractivity contribution is 0.204. The van der Waals surface area contributed by atoms with E-state index in [4.69, 9.17) is 4.42 Å². The molecule has 0 spiro atoms. The van der Waals surface area contributed by atoms with Crippen LogP contribution in [0, 0.1) is 11.8 Å². The van der Waals surface area contributed by atoms with Crippen molar-refractivity contribution in [3.63, 3.8) is 0 Å². The Bertz CT molecular complexity index is 292. The number of furan rings is 1. The van der Waals surface area contributed by atoms with E-state index in [0.717, 1.165) is 18.4 Å². The van der Waals surface area contributed by atoms with Crippen LogP contribution in [0.2, 0.25) is 0 Å². The lowest BCUT2D eigenvalue weighted by Gasteiger charge is -2.35. The van der Waals surface area contributed by atoms with Gasteiger partial charge in [0.2, 0.25) is 0 Å². The summed E-state index contributed by atoms with van der Waals surface area (Å²) < 4.78 is 5.09. The first kappa shape index (κ1) is 11.7. The highest BCUT2D eigenvalue weighted by molar-refractivity contribution is 5.05. The molecule has 2 nitrogen and oxygen atoms in total. The van der Waals surface area contributed by atoms with Crippen LogP contribution < -0.4 is 5.32 Å². The fourth-order valence-corrected chi connectivity index (χ4v) is 2.85. The monoisotopic (exact) mass is 221 g/mol. The van der Waals surface area contributed by atoms with Crippen LogP contribution in [-0.2, 0) is 6.54 Å². The summed E-state index contributed by atoms with van der Waals surface area (Å²) in [6.07, 6.45) is 9.10. The fourth-order valence-electron chi connectivity index (χ4n) is 2.85. The van der Waals surface area contributed by atoms with Crippen LogP contribution in [0.15, 0.2) is 23.0 Å². The van der Waals surface area contributed by atoms with E-state index in [1.807, 2.05) is 12.3 Å². The molecule has 0 saturated heterocycles. The van der Waals surface area contributed by atoms with Gasteiger partial charge in [-0.15, -0.1) is 0 Å². The first-order valence-electron chi connectivity index (χ1n) is 6.52. The van der Waals surface area contributed by atoms with Crippen molar-refractivity contribution in [3.05, 3.63) is 24.2 Å². The zero-order valence-corrected chi connectivity index (χ0v) is 10.4. The van der Waals surface area contributed by atoms with E-state index in [0.29, 0.717) is 6.04 Å². The minimum absolute atomic E-state index is 0.698. The van der Waals surface area contributed by atoms with E-state index < -0.39 is 0 Å². The zero-order chi connectivity index (χ0) is 11.4. The molecule has 2 unspecified atom stereocenters. The molecule has 1 saturated carbocycles. The van der Waals surface area contributed by atoms with E-state index in [9.17, 15) is 0 Å². The van der Waals surface area contributed by atoms with Crippen LogP contribution in [0.25, 0.3) is 0 Å². The molecule has 90 valence electrons. The number of rotatable bonds is 4. The van der Waals surface area contributed by atoms with Gasteiger partial charge in [-0.2, -0.15) is 0 Å². The largest absolute Gasteiger partial charge is 0.472 e. The maximum atomic E-state index is 5.09. The maximum Gasteiger partial charge on any atom is 0.0947 e. The van der Waals surface area contributed by atoms with Gasteiger partial charge in [-0.05, 0) is 30.7 Å². The van der Waals surface area contributed by atoms with E-state index in [2.05, 4.69) is 19.2 Å². The van der Waals surface area contributed by atoms with Crippen LogP contribution in [0.5, 0.6) is 0 Å². The first-order valence-corrected chi connectivity index (χ1v) is 6.52. The third-order valence-corrected chi connectivity index (χ3v) is 3.82. The minimum atomic E-state index is 0.698. The summed E-state index contributed by atoms with van der Waals surface area (Å²) >= 11 is 0. The molecular formula is C14H23NO. The topological polar surface area (TPSA) is 25.2 Å². The molecule has 2 heteroatoms. The van der Waals surface area contributed by atoms with Crippen LogP contribution in [0.3, 0.4) is 0 Å². The van der Waals surface area contributed by atoms with Gasteiger partial charge in [-0.3, -0.25) is 0 Å². The number of hydrogen-bond donors (Lipinski definition) is 1. The van der Waals surface area contributed by atoms with Crippen molar-refractivity contribution in [2.45, 2.75) is 52.1 Å². The van der Waals surface area contributed by atoms with E-state index >= 15 is 0 Å². The van der Waals surface area contributed by atoms with Gasteiger partial charge in [0.05, 0.1) is 12.5 Å². The molecule has 0 aromatic carbocycles. The normalized spacial score (nSPS) is 26.2. The lowest BCUT2D eigenvalue weighted by atomic mass is 9.78. The molecule has 1 heterocycles. The Balaban J connectivity index is 1.86. The first-order chi connectivity index (χ1) is 7.77. The molecule has 1 aliphatic rings. The Kier molecular flexibility index (Phi) is 4.05. The van der Waals surface area contributed by atoms with Crippen molar-refractivity contribution in [2.24, 2.45) is 11.8 Å². The van der Waals surface area contributed by atoms with Gasteiger partial charge in [-0.1, -0.05) is 26.7 Å². The lowest BCUT2D eigenvalue weighted by Crippen LogP contribution is -2.40. The number of hydrogen-bond acceptors (Lipinski definition) is 2. The SMILES string of the molecule is CC(C)C1CCCCC1NCc1ccoc1. The second kappa shape index (κ2) is 5.53. The minimum Gasteiger partial charge on any atom is -0.472 e. The Hall–Kier alpha value is -0.760. The highest BCUT2D eigenvalue weighted by Crippen LogP contribution is 2.30. The van der Waals surface area contributed by atoms with Gasteiger partial charge >= 0.3 is 0 Å². The van der Waals surface area contributed by atoms with Crippen molar-refractivity contribution in [3.8, 4) is 0 Å². The highest BCUT2D eigenvalue weighted by atomic mass is 16.3. The summed E-state index contributed by atoms with van der Waals surface area (Å²) in [5.41, 5.74) is 1.26. The maximum absolute atomic E-state index is 5.09. The third kappa shape index (κ3) is 2.88. The van der Waals surface area contributed by atoms with Gasteiger partial charge < -0.3 is 9.73 Å². The van der Waals surface area contributed by atoms with Crippen LogP contribution in [-0.4, -0.2) is 6.04 Å². The molecule has 0 amide bonds. The summed E-state index contributed by atoms with van der Waals surface area (Å²) in [5, 5.41) is 3.70. The Morgan fingerprint density at radius 1 is 1.38 bits per heavy atom. The second-order valence-corrected chi connectivity index (χ2v) is 5.31. The van der Waals surface area contributed by atoms with E-state index in [1.165, 1.54) is 31.2 Å². The van der Waals surface area contributed by atoms with Gasteiger partial charge in [-0.25, -0.2) is 0 Å². The molecule has 1 aromatic rings. The predicted molar refractivity (Wildman–Crippen MR) is 66.1 cm³/mol. The third-order valence-electron chi connectivity index (χ3n) is 3.82. The Morgan fingerprint density at radius 2 is 2.19 bits per heavy atom. The average Bonchev–Trinajstić information content (AvgIpc) is 2.79. The molecule has 16 heavy (non-hydrogen) atoms. The molecular weight excluding hydrogens is 198 g/mol. The average molecular weight is 221 g/mol. The second-order valence-electron chi connectivity index (χ2n) is 5.31. The van der Waals surface area contributed by atoms with Crippen molar-refractivity contribution >= 4 is 0 Å². The summed E-state index contributed by atoms with van der Waals surface area (Å²) in [6, 6.07) is 2.74. The van der Waals surface area contributed by atoms with Gasteiger partial charge in [0.15, 0.2) is 0 Å². The summed E-state index contributed by atoms with van der Waals surface area (Å²) in [4.78, 5) is 0. The molecule has 2 atom stereocenters.